The molecule has 0 radical (unpaired) electrons. The van der Waals surface area contributed by atoms with Crippen molar-refractivity contribution in [1.82, 2.24) is 9.80 Å². The van der Waals surface area contributed by atoms with Crippen molar-refractivity contribution in [2.24, 2.45) is 5.73 Å². The zero-order chi connectivity index (χ0) is 18.0. The maximum absolute atomic E-state index is 12.8. The van der Waals surface area contributed by atoms with Crippen LogP contribution in [0.1, 0.15) is 22.3 Å². The lowest BCUT2D eigenvalue weighted by Crippen LogP contribution is -2.63. The van der Waals surface area contributed by atoms with E-state index in [1.807, 2.05) is 24.0 Å². The van der Waals surface area contributed by atoms with Gasteiger partial charge in [0.25, 0.3) is 5.91 Å². The molecule has 2 saturated heterocycles. The molecule has 1 atom stereocenters. The SMILES string of the molecule is COc1cc(C(=O)N2CCN(C3(C(N)=O)CCOC3)CC2)ccc1C. The van der Waals surface area contributed by atoms with Crippen molar-refractivity contribution in [2.75, 3.05) is 46.5 Å². The van der Waals surface area contributed by atoms with Crippen LogP contribution in [0.25, 0.3) is 0 Å². The van der Waals surface area contributed by atoms with E-state index in [-0.39, 0.29) is 11.8 Å². The minimum absolute atomic E-state index is 0.0197. The highest BCUT2D eigenvalue weighted by Gasteiger charge is 2.47. The highest BCUT2D eigenvalue weighted by Crippen LogP contribution is 2.28. The Bertz CT molecular complexity index is 662. The normalized spacial score (nSPS) is 24.3. The molecule has 2 heterocycles. The van der Waals surface area contributed by atoms with Crippen LogP contribution in [0.5, 0.6) is 5.75 Å². The summed E-state index contributed by atoms with van der Waals surface area (Å²) in [4.78, 5) is 28.6. The zero-order valence-electron chi connectivity index (χ0n) is 14.8. The number of nitrogens with zero attached hydrogens (tertiary/aromatic N) is 2. The molecule has 7 heteroatoms. The summed E-state index contributed by atoms with van der Waals surface area (Å²) in [5.41, 5.74) is 6.53. The van der Waals surface area contributed by atoms with Gasteiger partial charge in [0.2, 0.25) is 5.91 Å². The van der Waals surface area contributed by atoms with E-state index in [1.54, 1.807) is 13.2 Å². The Morgan fingerprint density at radius 1 is 1.24 bits per heavy atom. The number of hydrogen-bond acceptors (Lipinski definition) is 5. The van der Waals surface area contributed by atoms with Crippen molar-refractivity contribution in [2.45, 2.75) is 18.9 Å². The van der Waals surface area contributed by atoms with Crippen LogP contribution in [0.15, 0.2) is 18.2 Å². The average molecular weight is 347 g/mol. The highest BCUT2D eigenvalue weighted by molar-refractivity contribution is 5.95. The van der Waals surface area contributed by atoms with Gasteiger partial charge < -0.3 is 20.1 Å². The summed E-state index contributed by atoms with van der Waals surface area (Å²) in [5.74, 6) is 0.349. The third-order valence-corrected chi connectivity index (χ3v) is 5.29. The van der Waals surface area contributed by atoms with Gasteiger partial charge >= 0.3 is 0 Å². The lowest BCUT2D eigenvalue weighted by Gasteiger charge is -2.43. The first-order valence-corrected chi connectivity index (χ1v) is 8.54. The third kappa shape index (κ3) is 3.21. The number of ether oxygens (including phenoxy) is 2. The second-order valence-corrected chi connectivity index (χ2v) is 6.66. The van der Waals surface area contributed by atoms with E-state index < -0.39 is 5.54 Å². The molecular weight excluding hydrogens is 322 g/mol. The molecule has 136 valence electrons. The van der Waals surface area contributed by atoms with Gasteiger partial charge in [0.05, 0.1) is 13.7 Å². The summed E-state index contributed by atoms with van der Waals surface area (Å²) in [6.45, 7) is 5.17. The molecule has 7 nitrogen and oxygen atoms in total. The number of nitrogens with two attached hydrogens (primary N) is 1. The molecule has 0 saturated carbocycles. The highest BCUT2D eigenvalue weighted by atomic mass is 16.5. The Kier molecular flexibility index (Phi) is 4.96. The predicted molar refractivity (Wildman–Crippen MR) is 92.6 cm³/mol. The maximum atomic E-state index is 12.8. The van der Waals surface area contributed by atoms with E-state index >= 15 is 0 Å². The van der Waals surface area contributed by atoms with Crippen LogP contribution in [0.2, 0.25) is 0 Å². The molecule has 2 amide bonds. The van der Waals surface area contributed by atoms with Crippen molar-refractivity contribution in [1.29, 1.82) is 0 Å². The number of aryl methyl sites for hydroxylation is 1. The number of piperazine rings is 1. The maximum Gasteiger partial charge on any atom is 0.254 e. The van der Waals surface area contributed by atoms with Gasteiger partial charge in [-0.15, -0.1) is 0 Å². The summed E-state index contributed by atoms with van der Waals surface area (Å²) < 4.78 is 10.7. The first-order valence-electron chi connectivity index (χ1n) is 8.54. The Morgan fingerprint density at radius 2 is 1.96 bits per heavy atom. The molecule has 0 aliphatic carbocycles. The minimum Gasteiger partial charge on any atom is -0.496 e. The Labute approximate surface area is 147 Å². The van der Waals surface area contributed by atoms with E-state index in [4.69, 9.17) is 15.2 Å². The molecule has 2 N–H and O–H groups in total. The molecule has 2 fully saturated rings. The third-order valence-electron chi connectivity index (χ3n) is 5.29. The molecule has 0 bridgehead atoms. The van der Waals surface area contributed by atoms with Gasteiger partial charge in [0.1, 0.15) is 11.3 Å². The van der Waals surface area contributed by atoms with Gasteiger partial charge in [0.15, 0.2) is 0 Å². The van der Waals surface area contributed by atoms with Crippen molar-refractivity contribution in [3.8, 4) is 5.75 Å². The second kappa shape index (κ2) is 7.01. The van der Waals surface area contributed by atoms with Crippen LogP contribution >= 0.6 is 0 Å². The summed E-state index contributed by atoms with van der Waals surface area (Å²) >= 11 is 0. The van der Waals surface area contributed by atoms with Gasteiger partial charge in [-0.05, 0) is 24.6 Å². The second-order valence-electron chi connectivity index (χ2n) is 6.66. The molecule has 1 aromatic rings. The molecule has 3 rings (SSSR count). The largest absolute Gasteiger partial charge is 0.496 e. The Balaban J connectivity index is 1.68. The van der Waals surface area contributed by atoms with E-state index in [2.05, 4.69) is 4.90 Å². The molecule has 0 spiro atoms. The Hall–Kier alpha value is -2.12. The van der Waals surface area contributed by atoms with Crippen molar-refractivity contribution in [3.63, 3.8) is 0 Å². The number of hydrogen-bond donors (Lipinski definition) is 1. The van der Waals surface area contributed by atoms with E-state index in [0.29, 0.717) is 57.1 Å². The first kappa shape index (κ1) is 17.7. The smallest absolute Gasteiger partial charge is 0.254 e. The van der Waals surface area contributed by atoms with Crippen molar-refractivity contribution >= 4 is 11.8 Å². The molecule has 2 aliphatic heterocycles. The van der Waals surface area contributed by atoms with Crippen LogP contribution in [-0.2, 0) is 9.53 Å². The zero-order valence-corrected chi connectivity index (χ0v) is 14.8. The lowest BCUT2D eigenvalue weighted by atomic mass is 9.94. The van der Waals surface area contributed by atoms with Crippen LogP contribution < -0.4 is 10.5 Å². The van der Waals surface area contributed by atoms with Crippen LogP contribution in [0.3, 0.4) is 0 Å². The number of amides is 2. The van der Waals surface area contributed by atoms with Crippen LogP contribution in [0.4, 0.5) is 0 Å². The standard InChI is InChI=1S/C18H25N3O4/c1-13-3-4-14(11-15(13)24-2)16(22)20-6-8-21(9-7-20)18(17(19)23)5-10-25-12-18/h3-4,11H,5-10,12H2,1-2H3,(H2,19,23). The number of carbonyl (C=O) groups is 2. The molecule has 25 heavy (non-hydrogen) atoms. The fourth-order valence-corrected chi connectivity index (χ4v) is 3.63. The van der Waals surface area contributed by atoms with Crippen LogP contribution in [0, 0.1) is 6.92 Å². The number of carbonyl (C=O) groups excluding carboxylic acids is 2. The van der Waals surface area contributed by atoms with E-state index in [1.165, 1.54) is 0 Å². The van der Waals surface area contributed by atoms with Gasteiger partial charge in [-0.3, -0.25) is 14.5 Å². The fraction of sp³-hybridized carbons (Fsp3) is 0.556. The molecule has 2 aliphatic rings. The monoisotopic (exact) mass is 347 g/mol. The summed E-state index contributed by atoms with van der Waals surface area (Å²) in [6, 6.07) is 5.49. The van der Waals surface area contributed by atoms with Gasteiger partial charge in [-0.25, -0.2) is 0 Å². The van der Waals surface area contributed by atoms with Crippen molar-refractivity contribution in [3.05, 3.63) is 29.3 Å². The molecule has 1 unspecified atom stereocenters. The number of methoxy groups -OCH3 is 1. The summed E-state index contributed by atoms with van der Waals surface area (Å²) in [6.07, 6.45) is 0.617. The molecular formula is C18H25N3O4. The number of primary amides is 1. The van der Waals surface area contributed by atoms with Gasteiger partial charge in [-0.1, -0.05) is 6.07 Å². The predicted octanol–water partition coefficient (Wildman–Crippen LogP) is 0.406. The quantitative estimate of drug-likeness (QED) is 0.852. The van der Waals surface area contributed by atoms with E-state index in [9.17, 15) is 9.59 Å². The minimum atomic E-state index is -0.720. The van der Waals surface area contributed by atoms with E-state index in [0.717, 1.165) is 5.56 Å². The number of benzene rings is 1. The van der Waals surface area contributed by atoms with Crippen LogP contribution in [-0.4, -0.2) is 73.7 Å². The summed E-state index contributed by atoms with van der Waals surface area (Å²) in [7, 11) is 1.60. The number of rotatable bonds is 4. The summed E-state index contributed by atoms with van der Waals surface area (Å²) in [5, 5.41) is 0. The van der Waals surface area contributed by atoms with Crippen molar-refractivity contribution < 1.29 is 19.1 Å². The average Bonchev–Trinajstić information content (AvgIpc) is 3.13. The molecule has 1 aromatic carbocycles. The lowest BCUT2D eigenvalue weighted by molar-refractivity contribution is -0.131. The molecule has 0 aromatic heterocycles. The Morgan fingerprint density at radius 3 is 2.52 bits per heavy atom. The van der Waals surface area contributed by atoms with Gasteiger partial charge in [-0.2, -0.15) is 0 Å². The fourth-order valence-electron chi connectivity index (χ4n) is 3.63. The first-order chi connectivity index (χ1) is 12.0. The van der Waals surface area contributed by atoms with Gasteiger partial charge in [0, 0.05) is 44.8 Å². The topological polar surface area (TPSA) is 85.1 Å².